The summed E-state index contributed by atoms with van der Waals surface area (Å²) >= 11 is 0. The smallest absolute Gasteiger partial charge is 0.243 e. The molecule has 0 aromatic heterocycles. The Morgan fingerprint density at radius 3 is 2.48 bits per heavy atom. The fraction of sp³-hybridized carbons (Fsp3) is 0.364. The van der Waals surface area contributed by atoms with Gasteiger partial charge in [0.25, 0.3) is 0 Å². The number of halogens is 1. The first kappa shape index (κ1) is 21.5. The van der Waals surface area contributed by atoms with Gasteiger partial charge < -0.3 is 10.2 Å². The molecule has 0 saturated carbocycles. The number of fused-ring (bicyclic) bond motifs is 1. The van der Waals surface area contributed by atoms with Crippen LogP contribution in [-0.4, -0.2) is 55.6 Å². The largest absolute Gasteiger partial charge is 0.340 e. The van der Waals surface area contributed by atoms with Gasteiger partial charge in [0.05, 0.1) is 10.8 Å². The quantitative estimate of drug-likeness (QED) is 0.786. The lowest BCUT2D eigenvalue weighted by Crippen LogP contribution is -2.52. The number of anilines is 1. The second kappa shape index (κ2) is 8.05. The average molecular weight is 446 g/mol. The van der Waals surface area contributed by atoms with Crippen LogP contribution in [0.25, 0.3) is 0 Å². The van der Waals surface area contributed by atoms with Gasteiger partial charge in [-0.1, -0.05) is 18.2 Å². The van der Waals surface area contributed by atoms with Gasteiger partial charge in [0.2, 0.25) is 21.8 Å². The SMILES string of the molecule is Cc1ccc(C)c(S(=O)(=O)N2CCN(C(=O)[C@H]3CC(=O)Nc4cc(F)ccc43)CC2)c1. The number of carbonyl (C=O) groups excluding carboxylic acids is 2. The predicted molar refractivity (Wildman–Crippen MR) is 114 cm³/mol. The van der Waals surface area contributed by atoms with Crippen LogP contribution in [0.2, 0.25) is 0 Å². The third-order valence-corrected chi connectivity index (χ3v) is 7.90. The van der Waals surface area contributed by atoms with Gasteiger partial charge in [-0.05, 0) is 48.7 Å². The van der Waals surface area contributed by atoms with Crippen molar-refractivity contribution in [2.24, 2.45) is 0 Å². The molecule has 1 N–H and O–H groups in total. The maximum atomic E-state index is 13.5. The summed E-state index contributed by atoms with van der Waals surface area (Å²) in [6.07, 6.45) is -0.0154. The van der Waals surface area contributed by atoms with Crippen LogP contribution in [-0.2, 0) is 19.6 Å². The van der Waals surface area contributed by atoms with Gasteiger partial charge in [-0.25, -0.2) is 12.8 Å². The zero-order valence-corrected chi connectivity index (χ0v) is 18.2. The summed E-state index contributed by atoms with van der Waals surface area (Å²) in [5, 5.41) is 2.61. The first-order valence-corrected chi connectivity index (χ1v) is 11.6. The van der Waals surface area contributed by atoms with E-state index in [0.717, 1.165) is 5.56 Å². The molecule has 2 amide bonds. The van der Waals surface area contributed by atoms with Crippen molar-refractivity contribution in [3.05, 3.63) is 58.9 Å². The molecule has 2 aliphatic heterocycles. The maximum absolute atomic E-state index is 13.5. The molecule has 164 valence electrons. The zero-order chi connectivity index (χ0) is 22.3. The van der Waals surface area contributed by atoms with Crippen molar-refractivity contribution >= 4 is 27.5 Å². The molecule has 9 heteroatoms. The van der Waals surface area contributed by atoms with Crippen LogP contribution >= 0.6 is 0 Å². The lowest BCUT2D eigenvalue weighted by atomic mass is 9.89. The Kier molecular flexibility index (Phi) is 5.57. The lowest BCUT2D eigenvalue weighted by molar-refractivity contribution is -0.136. The summed E-state index contributed by atoms with van der Waals surface area (Å²) in [6, 6.07) is 9.32. The monoisotopic (exact) mass is 445 g/mol. The van der Waals surface area contributed by atoms with Crippen LogP contribution in [0.1, 0.15) is 29.0 Å². The van der Waals surface area contributed by atoms with Crippen molar-refractivity contribution in [1.82, 2.24) is 9.21 Å². The Hall–Kier alpha value is -2.78. The fourth-order valence-electron chi connectivity index (χ4n) is 4.15. The number of hydrogen-bond donors (Lipinski definition) is 1. The molecule has 2 heterocycles. The highest BCUT2D eigenvalue weighted by Crippen LogP contribution is 2.34. The van der Waals surface area contributed by atoms with Crippen molar-refractivity contribution in [1.29, 1.82) is 0 Å². The van der Waals surface area contributed by atoms with Crippen LogP contribution in [0.4, 0.5) is 10.1 Å². The van der Waals surface area contributed by atoms with E-state index >= 15 is 0 Å². The summed E-state index contributed by atoms with van der Waals surface area (Å²) in [7, 11) is -3.66. The van der Waals surface area contributed by atoms with Gasteiger partial charge in [-0.2, -0.15) is 4.31 Å². The molecule has 0 aliphatic carbocycles. The van der Waals surface area contributed by atoms with Gasteiger partial charge in [-0.3, -0.25) is 9.59 Å². The summed E-state index contributed by atoms with van der Waals surface area (Å²) < 4.78 is 41.2. The number of aryl methyl sites for hydroxylation is 2. The van der Waals surface area contributed by atoms with E-state index < -0.39 is 21.8 Å². The normalized spacial score (nSPS) is 19.6. The molecule has 0 spiro atoms. The molecular weight excluding hydrogens is 421 g/mol. The van der Waals surface area contributed by atoms with Crippen LogP contribution in [0.3, 0.4) is 0 Å². The molecule has 1 fully saturated rings. The van der Waals surface area contributed by atoms with Gasteiger partial charge in [0.1, 0.15) is 5.82 Å². The molecule has 7 nitrogen and oxygen atoms in total. The third kappa shape index (κ3) is 4.07. The van der Waals surface area contributed by atoms with Gasteiger partial charge in [0, 0.05) is 38.3 Å². The van der Waals surface area contributed by atoms with E-state index in [1.54, 1.807) is 24.0 Å². The average Bonchev–Trinajstić information content (AvgIpc) is 2.74. The second-order valence-electron chi connectivity index (χ2n) is 8.03. The summed E-state index contributed by atoms with van der Waals surface area (Å²) in [5.74, 6) is -1.77. The van der Waals surface area contributed by atoms with Crippen molar-refractivity contribution in [2.45, 2.75) is 31.1 Å². The molecule has 2 aliphatic rings. The number of benzene rings is 2. The number of piperazine rings is 1. The van der Waals surface area contributed by atoms with Gasteiger partial charge in [-0.15, -0.1) is 0 Å². The lowest BCUT2D eigenvalue weighted by Gasteiger charge is -2.37. The van der Waals surface area contributed by atoms with Gasteiger partial charge in [0.15, 0.2) is 0 Å². The molecular formula is C22H24FN3O4S. The summed E-state index contributed by atoms with van der Waals surface area (Å²) in [6.45, 7) is 4.43. The predicted octanol–water partition coefficient (Wildman–Crippen LogP) is 2.40. The maximum Gasteiger partial charge on any atom is 0.243 e. The number of hydrogen-bond acceptors (Lipinski definition) is 4. The first-order chi connectivity index (χ1) is 14.7. The highest BCUT2D eigenvalue weighted by molar-refractivity contribution is 7.89. The van der Waals surface area contributed by atoms with E-state index in [-0.39, 0.29) is 49.3 Å². The number of sulfonamides is 1. The van der Waals surface area contributed by atoms with E-state index in [4.69, 9.17) is 0 Å². The zero-order valence-electron chi connectivity index (χ0n) is 17.4. The first-order valence-electron chi connectivity index (χ1n) is 10.1. The van der Waals surface area contributed by atoms with E-state index in [9.17, 15) is 22.4 Å². The van der Waals surface area contributed by atoms with Crippen molar-refractivity contribution in [2.75, 3.05) is 31.5 Å². The molecule has 0 radical (unpaired) electrons. The third-order valence-electron chi connectivity index (χ3n) is 5.86. The highest BCUT2D eigenvalue weighted by atomic mass is 32.2. The van der Waals surface area contributed by atoms with Crippen LogP contribution in [0.5, 0.6) is 0 Å². The summed E-state index contributed by atoms with van der Waals surface area (Å²) in [4.78, 5) is 27.1. The van der Waals surface area contributed by atoms with Crippen molar-refractivity contribution in [3.63, 3.8) is 0 Å². The molecule has 1 saturated heterocycles. The molecule has 31 heavy (non-hydrogen) atoms. The molecule has 2 aromatic carbocycles. The summed E-state index contributed by atoms with van der Waals surface area (Å²) in [5.41, 5.74) is 2.44. The van der Waals surface area contributed by atoms with E-state index in [1.807, 2.05) is 13.0 Å². The number of nitrogens with one attached hydrogen (secondary N) is 1. The molecule has 1 atom stereocenters. The molecule has 0 unspecified atom stereocenters. The minimum atomic E-state index is -3.66. The Labute approximate surface area is 180 Å². The topological polar surface area (TPSA) is 86.8 Å². The fourth-order valence-corrected chi connectivity index (χ4v) is 5.88. The number of nitrogens with zero attached hydrogens (tertiary/aromatic N) is 2. The van der Waals surface area contributed by atoms with Crippen molar-refractivity contribution in [3.8, 4) is 0 Å². The standard InChI is InChI=1S/C22H24FN3O4S/c1-14-3-4-15(2)20(11-14)31(29,30)26-9-7-25(8-10-26)22(28)18-13-21(27)24-19-12-16(23)5-6-17(18)19/h3-6,11-12,18H,7-10,13H2,1-2H3,(H,24,27)/t18-/m0/s1. The number of amides is 2. The van der Waals surface area contributed by atoms with E-state index in [1.165, 1.54) is 22.5 Å². The highest BCUT2D eigenvalue weighted by Gasteiger charge is 2.37. The Morgan fingerprint density at radius 1 is 1.06 bits per heavy atom. The second-order valence-corrected chi connectivity index (χ2v) is 9.94. The Balaban J connectivity index is 1.50. The van der Waals surface area contributed by atoms with Crippen LogP contribution < -0.4 is 5.32 Å². The Morgan fingerprint density at radius 2 is 1.77 bits per heavy atom. The van der Waals surface area contributed by atoms with E-state index in [2.05, 4.69) is 5.32 Å². The van der Waals surface area contributed by atoms with Crippen LogP contribution in [0.15, 0.2) is 41.3 Å². The molecule has 2 aromatic rings. The minimum Gasteiger partial charge on any atom is -0.340 e. The van der Waals surface area contributed by atoms with Gasteiger partial charge >= 0.3 is 0 Å². The number of carbonyl (C=O) groups is 2. The van der Waals surface area contributed by atoms with E-state index in [0.29, 0.717) is 16.8 Å². The molecule has 4 rings (SSSR count). The minimum absolute atomic E-state index is 0.0154. The molecule has 0 bridgehead atoms. The van der Waals surface area contributed by atoms with Crippen LogP contribution in [0, 0.1) is 19.7 Å². The Bertz CT molecular complexity index is 1160. The van der Waals surface area contributed by atoms with Crippen molar-refractivity contribution < 1.29 is 22.4 Å². The number of rotatable bonds is 3.